The quantitative estimate of drug-likeness (QED) is 0.457. The van der Waals surface area contributed by atoms with Gasteiger partial charge >= 0.3 is 0 Å². The predicted octanol–water partition coefficient (Wildman–Crippen LogP) is 0.276. The number of hydrogen-bond acceptors (Lipinski definition) is 3. The van der Waals surface area contributed by atoms with Gasteiger partial charge in [0.2, 0.25) is 0 Å². The van der Waals surface area contributed by atoms with Crippen molar-refractivity contribution in [2.24, 2.45) is 0 Å². The maximum atomic E-state index is 10.3. The minimum absolute atomic E-state index is 0.205. The molecule has 0 radical (unpaired) electrons. The van der Waals surface area contributed by atoms with E-state index in [1.807, 2.05) is 0 Å². The fourth-order valence-corrected chi connectivity index (χ4v) is 1.01. The third-order valence-electron chi connectivity index (χ3n) is 0.693. The highest BCUT2D eigenvalue weighted by atomic mass is 32.2. The Bertz CT molecular complexity index is 73.8. The van der Waals surface area contributed by atoms with Crippen LogP contribution in [0.2, 0.25) is 0 Å². The number of thioether (sulfide) groups is 1. The molecule has 7 heavy (non-hydrogen) atoms. The van der Waals surface area contributed by atoms with E-state index in [-0.39, 0.29) is 5.78 Å². The standard InChI is InChI=1S/C4H6O2S/c5-4-1-6-3-7-2-4/h1-3H2. The molecule has 0 aliphatic carbocycles. The number of rotatable bonds is 0. The van der Waals surface area contributed by atoms with E-state index >= 15 is 0 Å². The zero-order valence-electron chi connectivity index (χ0n) is 3.85. The summed E-state index contributed by atoms with van der Waals surface area (Å²) >= 11 is 1.53. The van der Waals surface area contributed by atoms with E-state index in [1.165, 1.54) is 11.8 Å². The maximum Gasteiger partial charge on any atom is 0.168 e. The van der Waals surface area contributed by atoms with Crippen LogP contribution in [0.15, 0.2) is 0 Å². The molecule has 0 atom stereocenters. The first-order valence-electron chi connectivity index (χ1n) is 2.07. The molecule has 2 nitrogen and oxygen atoms in total. The van der Waals surface area contributed by atoms with Crippen molar-refractivity contribution >= 4 is 17.5 Å². The molecule has 0 unspecified atom stereocenters. The van der Waals surface area contributed by atoms with Crippen LogP contribution < -0.4 is 0 Å². The molecule has 1 aliphatic rings. The van der Waals surface area contributed by atoms with Gasteiger partial charge in [-0.25, -0.2) is 0 Å². The average molecular weight is 118 g/mol. The summed E-state index contributed by atoms with van der Waals surface area (Å²) in [6, 6.07) is 0. The van der Waals surface area contributed by atoms with E-state index in [1.54, 1.807) is 0 Å². The van der Waals surface area contributed by atoms with Crippen molar-refractivity contribution < 1.29 is 9.53 Å². The van der Waals surface area contributed by atoms with Gasteiger partial charge in [0.25, 0.3) is 0 Å². The first-order chi connectivity index (χ1) is 3.39. The summed E-state index contributed by atoms with van der Waals surface area (Å²) in [6.07, 6.45) is 0. The monoisotopic (exact) mass is 118 g/mol. The van der Waals surface area contributed by atoms with Crippen LogP contribution in [0.25, 0.3) is 0 Å². The summed E-state index contributed by atoms with van der Waals surface area (Å²) in [5.41, 5.74) is 0. The van der Waals surface area contributed by atoms with E-state index < -0.39 is 0 Å². The molecule has 0 bridgehead atoms. The SMILES string of the molecule is O=C1COCSC1. The molecule has 0 spiro atoms. The molecule has 0 amide bonds. The molecule has 1 aliphatic heterocycles. The van der Waals surface area contributed by atoms with Crippen LogP contribution >= 0.6 is 11.8 Å². The highest BCUT2D eigenvalue weighted by molar-refractivity contribution is 7.99. The molecule has 1 rings (SSSR count). The molecule has 0 aromatic heterocycles. The second-order valence-electron chi connectivity index (χ2n) is 1.35. The minimum atomic E-state index is 0.205. The summed E-state index contributed by atoms with van der Waals surface area (Å²) in [4.78, 5) is 10.3. The van der Waals surface area contributed by atoms with Gasteiger partial charge in [-0.2, -0.15) is 0 Å². The van der Waals surface area contributed by atoms with Gasteiger partial charge in [-0.3, -0.25) is 4.79 Å². The van der Waals surface area contributed by atoms with Gasteiger partial charge in [0.1, 0.15) is 6.61 Å². The maximum absolute atomic E-state index is 10.3. The smallest absolute Gasteiger partial charge is 0.168 e. The van der Waals surface area contributed by atoms with Crippen LogP contribution in [0.4, 0.5) is 0 Å². The lowest BCUT2D eigenvalue weighted by atomic mass is 10.5. The summed E-state index contributed by atoms with van der Waals surface area (Å²) in [7, 11) is 0. The number of ether oxygens (including phenoxy) is 1. The molecular weight excluding hydrogens is 112 g/mol. The molecule has 1 fully saturated rings. The number of ketones is 1. The van der Waals surface area contributed by atoms with Crippen LogP contribution in [-0.4, -0.2) is 24.1 Å². The Kier molecular flexibility index (Phi) is 1.70. The molecule has 40 valence electrons. The van der Waals surface area contributed by atoms with Crippen molar-refractivity contribution in [1.29, 1.82) is 0 Å². The van der Waals surface area contributed by atoms with Crippen molar-refractivity contribution in [2.45, 2.75) is 0 Å². The lowest BCUT2D eigenvalue weighted by Gasteiger charge is -2.07. The number of carbonyl (C=O) groups is 1. The Hall–Kier alpha value is -0.0200. The van der Waals surface area contributed by atoms with Gasteiger partial charge in [-0.05, 0) is 0 Å². The van der Waals surface area contributed by atoms with Gasteiger partial charge in [-0.15, -0.1) is 11.8 Å². The second-order valence-corrected chi connectivity index (χ2v) is 2.29. The van der Waals surface area contributed by atoms with Crippen LogP contribution in [0.5, 0.6) is 0 Å². The average Bonchev–Trinajstić information content (AvgIpc) is 1.69. The molecule has 0 aromatic carbocycles. The fourth-order valence-electron chi connectivity index (χ4n) is 0.412. The van der Waals surface area contributed by atoms with Crippen molar-refractivity contribution in [3.05, 3.63) is 0 Å². The Morgan fingerprint density at radius 2 is 2.57 bits per heavy atom. The molecule has 0 saturated carbocycles. The Morgan fingerprint density at radius 3 is 2.86 bits per heavy atom. The number of hydrogen-bond donors (Lipinski definition) is 0. The fraction of sp³-hybridized carbons (Fsp3) is 0.750. The van der Waals surface area contributed by atoms with Gasteiger partial charge < -0.3 is 4.74 Å². The van der Waals surface area contributed by atoms with Gasteiger partial charge in [-0.1, -0.05) is 0 Å². The van der Waals surface area contributed by atoms with Crippen LogP contribution in [0.3, 0.4) is 0 Å². The minimum Gasteiger partial charge on any atom is -0.363 e. The summed E-state index contributed by atoms with van der Waals surface area (Å²) in [5.74, 6) is 1.53. The van der Waals surface area contributed by atoms with Crippen molar-refractivity contribution in [2.75, 3.05) is 18.3 Å². The van der Waals surface area contributed by atoms with E-state index in [2.05, 4.69) is 0 Å². The lowest BCUT2D eigenvalue weighted by molar-refractivity contribution is -0.120. The molecule has 0 N–H and O–H groups in total. The second kappa shape index (κ2) is 2.33. The summed E-state index contributed by atoms with van der Waals surface area (Å²) in [5, 5.41) is 0. The highest BCUT2D eigenvalue weighted by Crippen LogP contribution is 2.05. The predicted molar refractivity (Wildman–Crippen MR) is 28.3 cm³/mol. The Balaban J connectivity index is 2.25. The van der Waals surface area contributed by atoms with Crippen LogP contribution in [-0.2, 0) is 9.53 Å². The largest absolute Gasteiger partial charge is 0.363 e. The molecule has 0 aromatic rings. The van der Waals surface area contributed by atoms with Crippen molar-refractivity contribution in [1.82, 2.24) is 0 Å². The van der Waals surface area contributed by atoms with E-state index in [4.69, 9.17) is 4.74 Å². The molecule has 1 saturated heterocycles. The van der Waals surface area contributed by atoms with Crippen LogP contribution in [0, 0.1) is 0 Å². The third kappa shape index (κ3) is 1.49. The summed E-state index contributed by atoms with van der Waals surface area (Å²) < 4.78 is 4.80. The van der Waals surface area contributed by atoms with Gasteiger partial charge in [0.05, 0.1) is 11.7 Å². The molecule has 1 heterocycles. The Morgan fingerprint density at radius 1 is 1.71 bits per heavy atom. The van der Waals surface area contributed by atoms with E-state index in [9.17, 15) is 4.79 Å². The van der Waals surface area contributed by atoms with E-state index in [0.717, 1.165) is 0 Å². The zero-order valence-corrected chi connectivity index (χ0v) is 4.66. The van der Waals surface area contributed by atoms with Gasteiger partial charge in [0, 0.05) is 0 Å². The van der Waals surface area contributed by atoms with Crippen LogP contribution in [0.1, 0.15) is 0 Å². The molecular formula is C4H6O2S. The van der Waals surface area contributed by atoms with E-state index in [0.29, 0.717) is 18.3 Å². The first-order valence-corrected chi connectivity index (χ1v) is 3.22. The highest BCUT2D eigenvalue weighted by Gasteiger charge is 2.06. The summed E-state index contributed by atoms with van der Waals surface area (Å²) in [6.45, 7) is 0.326. The number of carbonyl (C=O) groups excluding carboxylic acids is 1. The number of Topliss-reactive ketones (excluding diaryl/α,β-unsaturated/α-hetero) is 1. The Labute approximate surface area is 46.2 Å². The van der Waals surface area contributed by atoms with Crippen molar-refractivity contribution in [3.63, 3.8) is 0 Å². The lowest BCUT2D eigenvalue weighted by Crippen LogP contribution is -2.16. The zero-order chi connectivity index (χ0) is 5.11. The molecule has 3 heteroatoms. The topological polar surface area (TPSA) is 26.3 Å². The first kappa shape index (κ1) is 5.12. The third-order valence-corrected chi connectivity index (χ3v) is 1.55. The van der Waals surface area contributed by atoms with Crippen molar-refractivity contribution in [3.8, 4) is 0 Å². The normalized spacial score (nSPS) is 22.6. The van der Waals surface area contributed by atoms with Gasteiger partial charge in [0.15, 0.2) is 5.78 Å².